The summed E-state index contributed by atoms with van der Waals surface area (Å²) < 4.78 is 6.75. The first-order chi connectivity index (χ1) is 8.89. The number of hydrogen-bond acceptors (Lipinski definition) is 5. The minimum atomic E-state index is -0.545. The van der Waals surface area contributed by atoms with Crippen LogP contribution in [0.4, 0.5) is 0 Å². The molecule has 0 bridgehead atoms. The van der Waals surface area contributed by atoms with Gasteiger partial charge in [0.15, 0.2) is 5.69 Å². The number of rotatable bonds is 1. The van der Waals surface area contributed by atoms with E-state index in [0.29, 0.717) is 17.1 Å². The standard InChI is InChI=1S/C13H14N4O2/c1-13(2,3)19-12(18)7-10-11-6-9(8-14)16-17(11)5-4-15-10/h4-7,15H,1-3H3/b10-7-. The highest BCUT2D eigenvalue weighted by Gasteiger charge is 2.18. The fourth-order valence-electron chi connectivity index (χ4n) is 1.60. The van der Waals surface area contributed by atoms with Gasteiger partial charge in [-0.15, -0.1) is 0 Å². The lowest BCUT2D eigenvalue weighted by Crippen LogP contribution is -2.24. The largest absolute Gasteiger partial charge is 0.457 e. The second-order valence-electron chi connectivity index (χ2n) is 5.02. The van der Waals surface area contributed by atoms with E-state index in [1.54, 1.807) is 39.2 Å². The van der Waals surface area contributed by atoms with E-state index < -0.39 is 11.6 Å². The number of carbonyl (C=O) groups excluding carboxylic acids is 1. The summed E-state index contributed by atoms with van der Waals surface area (Å²) in [5.41, 5.74) is 0.936. The second kappa shape index (κ2) is 4.61. The summed E-state index contributed by atoms with van der Waals surface area (Å²) in [5, 5.41) is 15.8. The van der Waals surface area contributed by atoms with Crippen LogP contribution in [0.15, 0.2) is 18.3 Å². The number of carbonyl (C=O) groups is 1. The van der Waals surface area contributed by atoms with E-state index in [1.807, 2.05) is 6.07 Å². The summed E-state index contributed by atoms with van der Waals surface area (Å²) in [4.78, 5) is 11.8. The zero-order valence-electron chi connectivity index (χ0n) is 11.0. The molecule has 1 aromatic rings. The van der Waals surface area contributed by atoms with E-state index in [0.717, 1.165) is 0 Å². The van der Waals surface area contributed by atoms with Crippen molar-refractivity contribution in [2.24, 2.45) is 0 Å². The van der Waals surface area contributed by atoms with Gasteiger partial charge in [-0.3, -0.25) is 0 Å². The molecule has 2 heterocycles. The lowest BCUT2D eigenvalue weighted by Gasteiger charge is -2.19. The molecule has 0 spiro atoms. The van der Waals surface area contributed by atoms with Gasteiger partial charge in [0.2, 0.25) is 0 Å². The Morgan fingerprint density at radius 1 is 1.58 bits per heavy atom. The molecule has 1 N–H and O–H groups in total. The lowest BCUT2D eigenvalue weighted by atomic mass is 10.2. The highest BCUT2D eigenvalue weighted by molar-refractivity contribution is 5.91. The molecule has 1 aromatic heterocycles. The Kier molecular flexibility index (Phi) is 3.13. The molecule has 98 valence electrons. The van der Waals surface area contributed by atoms with Gasteiger partial charge < -0.3 is 10.1 Å². The predicted molar refractivity (Wildman–Crippen MR) is 69.2 cm³/mol. The van der Waals surface area contributed by atoms with Crippen molar-refractivity contribution >= 4 is 17.9 Å². The first-order valence-corrected chi connectivity index (χ1v) is 5.77. The van der Waals surface area contributed by atoms with Gasteiger partial charge in [0.1, 0.15) is 11.7 Å². The maximum absolute atomic E-state index is 11.8. The van der Waals surface area contributed by atoms with Gasteiger partial charge in [0.05, 0.1) is 11.4 Å². The van der Waals surface area contributed by atoms with Crippen LogP contribution in [0, 0.1) is 11.3 Å². The molecular formula is C13H14N4O2. The van der Waals surface area contributed by atoms with Gasteiger partial charge in [-0.1, -0.05) is 0 Å². The van der Waals surface area contributed by atoms with Crippen LogP contribution < -0.4 is 5.32 Å². The van der Waals surface area contributed by atoms with Gasteiger partial charge in [0, 0.05) is 24.5 Å². The molecule has 0 saturated heterocycles. The summed E-state index contributed by atoms with van der Waals surface area (Å²) in [6.45, 7) is 5.40. The molecule has 6 heteroatoms. The number of nitrogens with zero attached hydrogens (tertiary/aromatic N) is 3. The molecule has 0 amide bonds. The molecule has 1 aliphatic rings. The van der Waals surface area contributed by atoms with Crippen molar-refractivity contribution in [3.05, 3.63) is 29.7 Å². The van der Waals surface area contributed by atoms with Gasteiger partial charge in [-0.2, -0.15) is 10.4 Å². The Hall–Kier alpha value is -2.55. The third-order valence-electron chi connectivity index (χ3n) is 2.25. The Labute approximate surface area is 111 Å². The van der Waals surface area contributed by atoms with Crippen molar-refractivity contribution in [2.75, 3.05) is 0 Å². The Balaban J connectivity index is 2.28. The summed E-state index contributed by atoms with van der Waals surface area (Å²) in [5.74, 6) is -0.448. The van der Waals surface area contributed by atoms with Crippen LogP contribution in [0.1, 0.15) is 32.2 Å². The maximum Gasteiger partial charge on any atom is 0.333 e. The van der Waals surface area contributed by atoms with Gasteiger partial charge in [0.25, 0.3) is 0 Å². The Morgan fingerprint density at radius 2 is 2.32 bits per heavy atom. The third-order valence-corrected chi connectivity index (χ3v) is 2.25. The van der Waals surface area contributed by atoms with Crippen LogP contribution >= 0.6 is 0 Å². The normalized spacial score (nSPS) is 15.6. The third kappa shape index (κ3) is 3.01. The van der Waals surface area contributed by atoms with E-state index in [-0.39, 0.29) is 0 Å². The smallest absolute Gasteiger partial charge is 0.333 e. The van der Waals surface area contributed by atoms with Gasteiger partial charge >= 0.3 is 5.97 Å². The Morgan fingerprint density at radius 3 is 2.95 bits per heavy atom. The van der Waals surface area contributed by atoms with E-state index in [9.17, 15) is 4.79 Å². The minimum Gasteiger partial charge on any atom is -0.457 e. The predicted octanol–water partition coefficient (Wildman–Crippen LogP) is 1.47. The summed E-state index contributed by atoms with van der Waals surface area (Å²) in [6, 6.07) is 3.56. The quantitative estimate of drug-likeness (QED) is 0.609. The maximum atomic E-state index is 11.8. The minimum absolute atomic E-state index is 0.290. The molecular weight excluding hydrogens is 244 g/mol. The van der Waals surface area contributed by atoms with Crippen molar-refractivity contribution < 1.29 is 9.53 Å². The van der Waals surface area contributed by atoms with Crippen LogP contribution in [0.3, 0.4) is 0 Å². The highest BCUT2D eigenvalue weighted by atomic mass is 16.6. The number of esters is 1. The molecule has 0 aliphatic carbocycles. The summed E-state index contributed by atoms with van der Waals surface area (Å²) in [6.07, 6.45) is 4.66. The molecule has 0 aromatic carbocycles. The second-order valence-corrected chi connectivity index (χ2v) is 5.02. The first-order valence-electron chi connectivity index (χ1n) is 5.77. The van der Waals surface area contributed by atoms with Crippen LogP contribution in [0.5, 0.6) is 0 Å². The number of aromatic nitrogens is 2. The number of nitriles is 1. The van der Waals surface area contributed by atoms with Crippen LogP contribution in [0.25, 0.3) is 11.9 Å². The van der Waals surface area contributed by atoms with Crippen LogP contribution in [-0.4, -0.2) is 21.4 Å². The molecule has 0 radical (unpaired) electrons. The average molecular weight is 258 g/mol. The van der Waals surface area contributed by atoms with Gasteiger partial charge in [-0.25, -0.2) is 9.48 Å². The van der Waals surface area contributed by atoms with Crippen molar-refractivity contribution in [1.82, 2.24) is 15.1 Å². The monoisotopic (exact) mass is 258 g/mol. The van der Waals surface area contributed by atoms with Crippen LogP contribution in [-0.2, 0) is 9.53 Å². The number of fused-ring (bicyclic) bond motifs is 1. The summed E-state index contributed by atoms with van der Waals surface area (Å²) in [7, 11) is 0. The zero-order chi connectivity index (χ0) is 14.0. The topological polar surface area (TPSA) is 79.9 Å². The van der Waals surface area contributed by atoms with Gasteiger partial charge in [-0.05, 0) is 20.8 Å². The molecule has 6 nitrogen and oxygen atoms in total. The Bertz CT molecular complexity index is 612. The van der Waals surface area contributed by atoms with E-state index in [1.165, 1.54) is 10.8 Å². The van der Waals surface area contributed by atoms with E-state index in [2.05, 4.69) is 10.4 Å². The number of ether oxygens (including phenoxy) is 1. The van der Waals surface area contributed by atoms with Crippen molar-refractivity contribution in [2.45, 2.75) is 26.4 Å². The van der Waals surface area contributed by atoms with Crippen molar-refractivity contribution in [1.29, 1.82) is 5.26 Å². The van der Waals surface area contributed by atoms with Crippen molar-refractivity contribution in [3.8, 4) is 6.07 Å². The molecule has 2 rings (SSSR count). The molecule has 0 atom stereocenters. The molecule has 1 aliphatic heterocycles. The molecule has 0 fully saturated rings. The van der Waals surface area contributed by atoms with Crippen molar-refractivity contribution in [3.63, 3.8) is 0 Å². The number of hydrogen-bond donors (Lipinski definition) is 1. The SMILES string of the molecule is CC(C)(C)OC(=O)/C=C1\NC=Cn2nc(C#N)cc21. The average Bonchev–Trinajstić information content (AvgIpc) is 2.70. The highest BCUT2D eigenvalue weighted by Crippen LogP contribution is 2.18. The molecule has 0 saturated carbocycles. The van der Waals surface area contributed by atoms with Crippen LogP contribution in [0.2, 0.25) is 0 Å². The fraction of sp³-hybridized carbons (Fsp3) is 0.308. The molecule has 19 heavy (non-hydrogen) atoms. The zero-order valence-corrected chi connectivity index (χ0v) is 11.0. The summed E-state index contributed by atoms with van der Waals surface area (Å²) >= 11 is 0. The fourth-order valence-corrected chi connectivity index (χ4v) is 1.60. The van der Waals surface area contributed by atoms with E-state index >= 15 is 0 Å². The lowest BCUT2D eigenvalue weighted by molar-refractivity contribution is -0.148. The first kappa shape index (κ1) is 12.9. The molecule has 0 unspecified atom stereocenters. The van der Waals surface area contributed by atoms with E-state index in [4.69, 9.17) is 10.00 Å². The number of nitrogens with one attached hydrogen (secondary N) is 1.